The van der Waals surface area contributed by atoms with Crippen molar-refractivity contribution in [2.45, 2.75) is 24.3 Å². The van der Waals surface area contributed by atoms with E-state index in [-0.39, 0.29) is 11.9 Å². The van der Waals surface area contributed by atoms with Crippen LogP contribution < -0.4 is 4.90 Å². The Hall–Kier alpha value is -2.71. The molecule has 0 N–H and O–H groups in total. The van der Waals surface area contributed by atoms with E-state index in [0.29, 0.717) is 49.1 Å². The molecule has 0 unspecified atom stereocenters. The van der Waals surface area contributed by atoms with E-state index in [1.807, 2.05) is 42.5 Å². The Morgan fingerprint density at radius 2 is 1.51 bits per heavy atom. The van der Waals surface area contributed by atoms with Gasteiger partial charge in [0, 0.05) is 50.4 Å². The van der Waals surface area contributed by atoms with Crippen LogP contribution in [0.2, 0.25) is 5.02 Å². The number of carbonyl (C=O) groups excluding carboxylic acids is 1. The molecule has 1 saturated heterocycles. The first kappa shape index (κ1) is 24.0. The molecule has 0 spiro atoms. The molecule has 0 aliphatic carbocycles. The van der Waals surface area contributed by atoms with Gasteiger partial charge in [0.05, 0.1) is 10.9 Å². The van der Waals surface area contributed by atoms with Crippen LogP contribution in [-0.4, -0.2) is 56.3 Å². The van der Waals surface area contributed by atoms with Gasteiger partial charge in [-0.1, -0.05) is 54.1 Å². The number of halogens is 1. The maximum Gasteiger partial charge on any atom is 0.243 e. The molecule has 0 radical (unpaired) electrons. The van der Waals surface area contributed by atoms with Crippen molar-refractivity contribution in [1.29, 1.82) is 0 Å². The molecule has 5 rings (SSSR count). The molecule has 0 saturated carbocycles. The second-order valence-corrected chi connectivity index (χ2v) is 11.4. The van der Waals surface area contributed by atoms with Crippen LogP contribution in [0.25, 0.3) is 0 Å². The number of nitrogens with zero attached hydrogens (tertiary/aromatic N) is 3. The monoisotopic (exact) mass is 509 g/mol. The molecule has 1 amide bonds. The molecule has 8 heteroatoms. The van der Waals surface area contributed by atoms with Gasteiger partial charge in [-0.15, -0.1) is 0 Å². The minimum Gasteiger partial charge on any atom is -0.312 e. The van der Waals surface area contributed by atoms with Gasteiger partial charge in [0.15, 0.2) is 0 Å². The summed E-state index contributed by atoms with van der Waals surface area (Å²) in [4.78, 5) is 16.2. The van der Waals surface area contributed by atoms with Crippen LogP contribution in [0.5, 0.6) is 0 Å². The number of amides is 1. The normalized spacial score (nSPS) is 17.8. The van der Waals surface area contributed by atoms with Crippen LogP contribution >= 0.6 is 11.6 Å². The summed E-state index contributed by atoms with van der Waals surface area (Å²) < 4.78 is 28.5. The van der Waals surface area contributed by atoms with E-state index < -0.39 is 10.0 Å². The Bertz CT molecular complexity index is 1320. The highest BCUT2D eigenvalue weighted by Crippen LogP contribution is 2.33. The fourth-order valence-electron chi connectivity index (χ4n) is 5.11. The molecule has 0 aromatic heterocycles. The molecular weight excluding hydrogens is 482 g/mol. The molecule has 2 heterocycles. The first-order valence-electron chi connectivity index (χ1n) is 11.8. The van der Waals surface area contributed by atoms with Gasteiger partial charge < -0.3 is 4.90 Å². The third kappa shape index (κ3) is 4.74. The zero-order chi connectivity index (χ0) is 24.6. The lowest BCUT2D eigenvalue weighted by Gasteiger charge is -2.39. The summed E-state index contributed by atoms with van der Waals surface area (Å²) in [6, 6.07) is 23.3. The fourth-order valence-corrected chi connectivity index (χ4v) is 6.71. The van der Waals surface area contributed by atoms with Crippen molar-refractivity contribution >= 4 is 33.2 Å². The Kier molecular flexibility index (Phi) is 6.68. The van der Waals surface area contributed by atoms with Gasteiger partial charge in [-0.25, -0.2) is 8.42 Å². The summed E-state index contributed by atoms with van der Waals surface area (Å²) in [5, 5.41) is 0.692. The van der Waals surface area contributed by atoms with Crippen LogP contribution in [0, 0.1) is 0 Å². The number of hydrogen-bond acceptors (Lipinski definition) is 4. The van der Waals surface area contributed by atoms with Crippen LogP contribution in [0.15, 0.2) is 77.7 Å². The minimum absolute atomic E-state index is 0.0239. The van der Waals surface area contributed by atoms with Crippen molar-refractivity contribution in [3.8, 4) is 0 Å². The largest absolute Gasteiger partial charge is 0.312 e. The van der Waals surface area contributed by atoms with E-state index in [1.54, 1.807) is 27.4 Å². The summed E-state index contributed by atoms with van der Waals surface area (Å²) in [5.74, 6) is -0.0239. The Morgan fingerprint density at radius 1 is 0.857 bits per heavy atom. The lowest BCUT2D eigenvalue weighted by atomic mass is 9.96. The number of anilines is 1. The van der Waals surface area contributed by atoms with Gasteiger partial charge in [0.2, 0.25) is 15.9 Å². The number of piperazine rings is 1. The Morgan fingerprint density at radius 3 is 2.17 bits per heavy atom. The van der Waals surface area contributed by atoms with Gasteiger partial charge in [0.1, 0.15) is 0 Å². The van der Waals surface area contributed by atoms with Crippen molar-refractivity contribution in [2.24, 2.45) is 0 Å². The molecule has 3 aromatic carbocycles. The van der Waals surface area contributed by atoms with Crippen molar-refractivity contribution in [2.75, 3.05) is 37.6 Å². The smallest absolute Gasteiger partial charge is 0.243 e. The summed E-state index contributed by atoms with van der Waals surface area (Å²) >= 11 is 6.13. The second-order valence-electron chi connectivity index (χ2n) is 9.02. The first-order valence-corrected chi connectivity index (χ1v) is 13.6. The van der Waals surface area contributed by atoms with Gasteiger partial charge in [-0.05, 0) is 53.4 Å². The van der Waals surface area contributed by atoms with Crippen LogP contribution in [0.3, 0.4) is 0 Å². The number of rotatable bonds is 5. The molecule has 0 bridgehead atoms. The second kappa shape index (κ2) is 9.74. The maximum absolute atomic E-state index is 13.5. The van der Waals surface area contributed by atoms with E-state index in [9.17, 15) is 13.2 Å². The predicted octanol–water partition coefficient (Wildman–Crippen LogP) is 4.34. The van der Waals surface area contributed by atoms with E-state index in [0.717, 1.165) is 16.8 Å². The van der Waals surface area contributed by atoms with E-state index in [1.165, 1.54) is 12.5 Å². The highest BCUT2D eigenvalue weighted by atomic mass is 35.5. The maximum atomic E-state index is 13.5. The Labute approximate surface area is 211 Å². The van der Waals surface area contributed by atoms with Crippen molar-refractivity contribution < 1.29 is 13.2 Å². The molecule has 6 nitrogen and oxygen atoms in total. The summed E-state index contributed by atoms with van der Waals surface area (Å²) in [6.45, 7) is 4.19. The molecule has 2 aliphatic rings. The third-order valence-corrected chi connectivity index (χ3v) is 9.05. The predicted molar refractivity (Wildman–Crippen MR) is 138 cm³/mol. The number of benzene rings is 3. The zero-order valence-corrected chi connectivity index (χ0v) is 21.2. The molecule has 1 fully saturated rings. The van der Waals surface area contributed by atoms with Gasteiger partial charge in [-0.2, -0.15) is 4.31 Å². The van der Waals surface area contributed by atoms with E-state index in [4.69, 9.17) is 11.6 Å². The highest BCUT2D eigenvalue weighted by molar-refractivity contribution is 7.89. The molecule has 2 aliphatic heterocycles. The fraction of sp³-hybridized carbons (Fsp3) is 0.296. The number of fused-ring (bicyclic) bond motifs is 1. The van der Waals surface area contributed by atoms with Crippen LogP contribution in [0.1, 0.15) is 29.7 Å². The van der Waals surface area contributed by atoms with Crippen LogP contribution in [-0.2, 0) is 21.2 Å². The molecular formula is C27H28ClN3O3S. The third-order valence-electron chi connectivity index (χ3n) is 6.90. The quantitative estimate of drug-likeness (QED) is 0.513. The van der Waals surface area contributed by atoms with Gasteiger partial charge in [-0.3, -0.25) is 9.69 Å². The lowest BCUT2D eigenvalue weighted by Crippen LogP contribution is -2.49. The standard InChI is InChI=1S/C27H28ClN3O3S/c1-20(32)31-14-13-23-19-25(11-12-26(23)31)35(33,34)30-17-15-29(16-18-30)27(21-5-3-2-4-6-21)22-7-9-24(28)10-8-22/h2-12,19,27H,13-18H2,1H3/t27-/m0/s1. The lowest BCUT2D eigenvalue weighted by molar-refractivity contribution is -0.116. The number of carbonyl (C=O) groups is 1. The average molecular weight is 510 g/mol. The average Bonchev–Trinajstić information content (AvgIpc) is 3.30. The van der Waals surface area contributed by atoms with Gasteiger partial charge >= 0.3 is 0 Å². The topological polar surface area (TPSA) is 60.9 Å². The van der Waals surface area contributed by atoms with E-state index >= 15 is 0 Å². The number of sulfonamides is 1. The van der Waals surface area contributed by atoms with Crippen molar-refractivity contribution in [3.05, 3.63) is 94.5 Å². The summed E-state index contributed by atoms with van der Waals surface area (Å²) in [5.41, 5.74) is 4.02. The van der Waals surface area contributed by atoms with Crippen LogP contribution in [0.4, 0.5) is 5.69 Å². The van der Waals surface area contributed by atoms with Gasteiger partial charge in [0.25, 0.3) is 0 Å². The Balaban J connectivity index is 1.35. The first-order chi connectivity index (χ1) is 16.8. The molecule has 182 valence electrons. The van der Waals surface area contributed by atoms with Crippen molar-refractivity contribution in [1.82, 2.24) is 9.21 Å². The minimum atomic E-state index is -3.62. The van der Waals surface area contributed by atoms with Crippen molar-refractivity contribution in [3.63, 3.8) is 0 Å². The highest BCUT2D eigenvalue weighted by Gasteiger charge is 2.33. The SMILES string of the molecule is CC(=O)N1CCc2cc(S(=O)(=O)N3CCN([C@@H](c4ccccc4)c4ccc(Cl)cc4)CC3)ccc21. The summed E-state index contributed by atoms with van der Waals surface area (Å²) in [7, 11) is -3.62. The number of hydrogen-bond donors (Lipinski definition) is 0. The molecule has 3 aromatic rings. The summed E-state index contributed by atoms with van der Waals surface area (Å²) in [6.07, 6.45) is 0.673. The zero-order valence-electron chi connectivity index (χ0n) is 19.6. The molecule has 1 atom stereocenters. The molecule has 35 heavy (non-hydrogen) atoms. The van der Waals surface area contributed by atoms with E-state index in [2.05, 4.69) is 17.0 Å².